The maximum atomic E-state index is 12.6. The number of aromatic amines is 1. The number of para-hydroxylation sites is 1. The van der Waals surface area contributed by atoms with Crippen LogP contribution >= 0.6 is 0 Å². The number of nitrogens with one attached hydrogen (secondary N) is 1. The van der Waals surface area contributed by atoms with Crippen LogP contribution in [0, 0.1) is 0 Å². The van der Waals surface area contributed by atoms with E-state index in [1.807, 2.05) is 44.1 Å². The smallest absolute Gasteiger partial charge is 0.335 e. The van der Waals surface area contributed by atoms with Gasteiger partial charge in [-0.15, -0.1) is 0 Å². The van der Waals surface area contributed by atoms with Gasteiger partial charge in [-0.3, -0.25) is 23.9 Å². The molecule has 2 aromatic carbocycles. The Hall–Kier alpha value is -4.34. The summed E-state index contributed by atoms with van der Waals surface area (Å²) < 4.78 is 4.13. The highest BCUT2D eigenvalue weighted by Gasteiger charge is 2.17. The van der Waals surface area contributed by atoms with Crippen molar-refractivity contribution in [1.82, 2.24) is 18.7 Å². The zero-order chi connectivity index (χ0) is 24.7. The maximum absolute atomic E-state index is 12.6. The summed E-state index contributed by atoms with van der Waals surface area (Å²) in [5, 5.41) is 10.9. The van der Waals surface area contributed by atoms with Gasteiger partial charge in [0.25, 0.3) is 5.56 Å². The minimum Gasteiger partial charge on any atom is -0.493 e. The van der Waals surface area contributed by atoms with Gasteiger partial charge in [-0.2, -0.15) is 0 Å². The lowest BCUT2D eigenvalue weighted by molar-refractivity contribution is 0.429. The highest BCUT2D eigenvalue weighted by molar-refractivity contribution is 5.91. The van der Waals surface area contributed by atoms with E-state index >= 15 is 0 Å². The molecule has 2 N–H and O–H groups in total. The van der Waals surface area contributed by atoms with E-state index in [1.54, 1.807) is 36.9 Å². The molecule has 0 unspecified atom stereocenters. The predicted molar refractivity (Wildman–Crippen MR) is 133 cm³/mol. The monoisotopic (exact) mass is 462 g/mol. The molecule has 10 heteroatoms. The van der Waals surface area contributed by atoms with Crippen LogP contribution in [-0.2, 0) is 20.5 Å². The van der Waals surface area contributed by atoms with Gasteiger partial charge in [0.1, 0.15) is 5.56 Å². The molecule has 0 fully saturated rings. The van der Waals surface area contributed by atoms with E-state index in [9.17, 15) is 19.5 Å². The Kier molecular flexibility index (Phi) is 5.74. The van der Waals surface area contributed by atoms with E-state index < -0.39 is 17.1 Å². The van der Waals surface area contributed by atoms with Crippen molar-refractivity contribution in [2.75, 3.05) is 19.0 Å². The van der Waals surface area contributed by atoms with Gasteiger partial charge < -0.3 is 10.0 Å². The lowest BCUT2D eigenvalue weighted by Gasteiger charge is -2.16. The number of hydrogen-bond donors (Lipinski definition) is 2. The van der Waals surface area contributed by atoms with Crippen LogP contribution in [0.15, 0.2) is 55.8 Å². The molecule has 0 amide bonds. The zero-order valence-electron chi connectivity index (χ0n) is 19.7. The zero-order valence-corrected chi connectivity index (χ0v) is 19.7. The second-order valence-corrected chi connectivity index (χ2v) is 8.20. The van der Waals surface area contributed by atoms with Crippen molar-refractivity contribution in [2.45, 2.75) is 13.3 Å². The minimum absolute atomic E-state index is 0.155. The van der Waals surface area contributed by atoms with Gasteiger partial charge in [-0.05, 0) is 30.2 Å². The summed E-state index contributed by atoms with van der Waals surface area (Å²) in [4.78, 5) is 46.1. The normalized spacial score (nSPS) is 11.6. The summed E-state index contributed by atoms with van der Waals surface area (Å²) in [6, 6.07) is 10.7. The summed E-state index contributed by atoms with van der Waals surface area (Å²) in [5.74, 6) is -0.502. The number of benzene rings is 2. The predicted octanol–water partition coefficient (Wildman–Crippen LogP) is 1.80. The second kappa shape index (κ2) is 8.54. The van der Waals surface area contributed by atoms with E-state index in [0.29, 0.717) is 29.0 Å². The molecule has 0 aliphatic heterocycles. The SMILES string of the molecule is CCc1ccccc1-n1c(O)c(C=Nc2cc3c(cc2N(C)C)n(C)c(=O)n3C)c(=O)[nH]c1=O. The molecule has 0 aliphatic rings. The third-order valence-corrected chi connectivity index (χ3v) is 5.92. The first-order chi connectivity index (χ1) is 16.1. The van der Waals surface area contributed by atoms with E-state index in [1.165, 1.54) is 10.8 Å². The van der Waals surface area contributed by atoms with Crippen molar-refractivity contribution < 1.29 is 5.11 Å². The van der Waals surface area contributed by atoms with Crippen molar-refractivity contribution in [2.24, 2.45) is 19.1 Å². The van der Waals surface area contributed by atoms with Crippen molar-refractivity contribution in [3.05, 3.63) is 78.8 Å². The number of rotatable bonds is 5. The molecule has 2 aromatic heterocycles. The molecule has 0 atom stereocenters. The first-order valence-corrected chi connectivity index (χ1v) is 10.7. The fourth-order valence-corrected chi connectivity index (χ4v) is 4.03. The van der Waals surface area contributed by atoms with Gasteiger partial charge in [0.2, 0.25) is 5.88 Å². The molecule has 0 spiro atoms. The quantitative estimate of drug-likeness (QED) is 0.439. The fraction of sp³-hybridized carbons (Fsp3) is 0.250. The molecule has 176 valence electrons. The molecule has 0 aliphatic carbocycles. The number of fused-ring (bicyclic) bond motifs is 1. The number of anilines is 1. The number of nitrogens with zero attached hydrogens (tertiary/aromatic N) is 5. The summed E-state index contributed by atoms with van der Waals surface area (Å²) in [6.45, 7) is 1.94. The van der Waals surface area contributed by atoms with Gasteiger partial charge >= 0.3 is 11.4 Å². The standard InChI is InChI=1S/C24H26N6O4/c1-6-14-9-7-8-10-17(14)30-22(32)15(21(31)26-23(30)33)13-25-16-11-19-20(12-18(16)27(2)3)29(5)24(34)28(19)4/h7-13,32H,6H2,1-5H3,(H,26,31,33). The number of imidazole rings is 1. The topological polar surface area (TPSA) is 118 Å². The Morgan fingerprint density at radius 3 is 2.35 bits per heavy atom. The molecule has 0 bridgehead atoms. The summed E-state index contributed by atoms with van der Waals surface area (Å²) in [6.07, 6.45) is 1.86. The van der Waals surface area contributed by atoms with Gasteiger partial charge in [0.15, 0.2) is 0 Å². The van der Waals surface area contributed by atoms with Crippen molar-refractivity contribution >= 4 is 28.6 Å². The average molecular weight is 463 g/mol. The number of hydrogen-bond acceptors (Lipinski definition) is 6. The summed E-state index contributed by atoms with van der Waals surface area (Å²) in [7, 11) is 7.05. The van der Waals surface area contributed by atoms with Crippen LogP contribution in [0.25, 0.3) is 16.7 Å². The molecule has 0 saturated heterocycles. The lowest BCUT2D eigenvalue weighted by Crippen LogP contribution is -2.31. The van der Waals surface area contributed by atoms with Crippen LogP contribution in [0.5, 0.6) is 5.88 Å². The van der Waals surface area contributed by atoms with Crippen LogP contribution < -0.4 is 21.8 Å². The van der Waals surface area contributed by atoms with E-state index in [4.69, 9.17) is 0 Å². The Morgan fingerprint density at radius 2 is 1.71 bits per heavy atom. The highest BCUT2D eigenvalue weighted by Crippen LogP contribution is 2.32. The number of aliphatic imine (C=N–C) groups is 1. The Balaban J connectivity index is 1.92. The molecule has 2 heterocycles. The molecular weight excluding hydrogens is 436 g/mol. The average Bonchev–Trinajstić information content (AvgIpc) is 3.01. The first kappa shape index (κ1) is 22.8. The van der Waals surface area contributed by atoms with E-state index in [2.05, 4.69) is 9.98 Å². The number of aromatic nitrogens is 4. The molecule has 0 radical (unpaired) electrons. The molecule has 4 rings (SSSR count). The lowest BCUT2D eigenvalue weighted by atomic mass is 10.1. The fourth-order valence-electron chi connectivity index (χ4n) is 4.03. The Labute approximate surface area is 194 Å². The van der Waals surface area contributed by atoms with Crippen LogP contribution in [0.3, 0.4) is 0 Å². The van der Waals surface area contributed by atoms with Crippen LogP contribution in [0.2, 0.25) is 0 Å². The van der Waals surface area contributed by atoms with Crippen molar-refractivity contribution in [3.8, 4) is 11.6 Å². The van der Waals surface area contributed by atoms with Crippen LogP contribution in [0.1, 0.15) is 18.1 Å². The van der Waals surface area contributed by atoms with E-state index in [0.717, 1.165) is 15.6 Å². The number of aryl methyl sites for hydroxylation is 3. The molecular formula is C24H26N6O4. The molecule has 34 heavy (non-hydrogen) atoms. The summed E-state index contributed by atoms with van der Waals surface area (Å²) in [5.41, 5.74) is 2.11. The Morgan fingerprint density at radius 1 is 1.06 bits per heavy atom. The first-order valence-electron chi connectivity index (χ1n) is 10.7. The third-order valence-electron chi connectivity index (χ3n) is 5.92. The molecule has 0 saturated carbocycles. The van der Waals surface area contributed by atoms with Gasteiger partial charge in [-0.25, -0.2) is 14.2 Å². The summed E-state index contributed by atoms with van der Waals surface area (Å²) >= 11 is 0. The van der Waals surface area contributed by atoms with Crippen LogP contribution in [0.4, 0.5) is 11.4 Å². The minimum atomic E-state index is -0.754. The molecule has 10 nitrogen and oxygen atoms in total. The largest absolute Gasteiger partial charge is 0.493 e. The van der Waals surface area contributed by atoms with Gasteiger partial charge in [-0.1, -0.05) is 25.1 Å². The van der Waals surface area contributed by atoms with Gasteiger partial charge in [0, 0.05) is 34.4 Å². The van der Waals surface area contributed by atoms with E-state index in [-0.39, 0.29) is 11.3 Å². The third kappa shape index (κ3) is 3.62. The second-order valence-electron chi connectivity index (χ2n) is 8.20. The number of aromatic hydroxyl groups is 1. The Bertz CT molecular complexity index is 1620. The van der Waals surface area contributed by atoms with Crippen molar-refractivity contribution in [3.63, 3.8) is 0 Å². The maximum Gasteiger partial charge on any atom is 0.335 e. The molecule has 4 aromatic rings. The number of H-pyrrole nitrogens is 1. The highest BCUT2D eigenvalue weighted by atomic mass is 16.3. The van der Waals surface area contributed by atoms with Crippen molar-refractivity contribution in [1.29, 1.82) is 0 Å². The van der Waals surface area contributed by atoms with Crippen LogP contribution in [-0.4, -0.2) is 44.1 Å². The van der Waals surface area contributed by atoms with Gasteiger partial charge in [0.05, 0.1) is 28.1 Å².